The van der Waals surface area contributed by atoms with Crippen LogP contribution in [-0.2, 0) is 4.79 Å². The first-order valence-corrected chi connectivity index (χ1v) is 6.16. The van der Waals surface area contributed by atoms with Crippen molar-refractivity contribution in [2.45, 2.75) is 6.10 Å². The fraction of sp³-hybridized carbons (Fsp3) is 0.0625. The monoisotopic (exact) mass is 269 g/mol. The highest BCUT2D eigenvalue weighted by molar-refractivity contribution is 5.78. The summed E-state index contributed by atoms with van der Waals surface area (Å²) >= 11 is 0. The van der Waals surface area contributed by atoms with Gasteiger partial charge >= 0.3 is 5.97 Å². The van der Waals surface area contributed by atoms with E-state index in [-0.39, 0.29) is 0 Å². The van der Waals surface area contributed by atoms with E-state index >= 15 is 0 Å². The molecule has 20 heavy (non-hydrogen) atoms. The van der Waals surface area contributed by atoms with Crippen molar-refractivity contribution in [3.8, 4) is 0 Å². The highest BCUT2D eigenvalue weighted by atomic mass is 16.4. The Bertz CT molecular complexity index is 646. The van der Waals surface area contributed by atoms with Crippen LogP contribution in [-0.4, -0.2) is 21.2 Å². The molecule has 0 aliphatic rings. The molecule has 1 unspecified atom stereocenters. The maximum Gasteiger partial charge on any atom is 0.337 e. The van der Waals surface area contributed by atoms with Gasteiger partial charge in [-0.1, -0.05) is 48.5 Å². The van der Waals surface area contributed by atoms with Gasteiger partial charge in [-0.3, -0.25) is 0 Å². The van der Waals surface area contributed by atoms with Crippen molar-refractivity contribution in [3.63, 3.8) is 0 Å². The normalized spacial score (nSPS) is 11.4. The van der Waals surface area contributed by atoms with E-state index in [0.29, 0.717) is 5.56 Å². The van der Waals surface area contributed by atoms with Gasteiger partial charge in [0.15, 0.2) is 6.10 Å². The maximum atomic E-state index is 10.2. The predicted molar refractivity (Wildman–Crippen MR) is 77.3 cm³/mol. The van der Waals surface area contributed by atoms with E-state index < -0.39 is 12.1 Å². The second-order valence-electron chi connectivity index (χ2n) is 4.22. The van der Waals surface area contributed by atoms with Crippen LogP contribution < -0.4 is 0 Å². The van der Waals surface area contributed by atoms with Gasteiger partial charge < -0.3 is 15.2 Å². The number of hydrogen-bond donors (Lipinski definition) is 3. The summed E-state index contributed by atoms with van der Waals surface area (Å²) in [5.74, 6) is -1.23. The Morgan fingerprint density at radius 3 is 2.25 bits per heavy atom. The van der Waals surface area contributed by atoms with Gasteiger partial charge in [-0.2, -0.15) is 0 Å². The van der Waals surface area contributed by atoms with Crippen molar-refractivity contribution >= 4 is 16.9 Å². The van der Waals surface area contributed by atoms with E-state index in [9.17, 15) is 4.79 Å². The number of hydrogen-bond acceptors (Lipinski definition) is 2. The molecule has 0 saturated carbocycles. The third-order valence-corrected chi connectivity index (χ3v) is 2.81. The molecule has 1 aromatic heterocycles. The first-order valence-electron chi connectivity index (χ1n) is 6.16. The molecule has 3 rings (SSSR count). The number of fused-ring (bicyclic) bond motifs is 1. The Morgan fingerprint density at radius 1 is 0.950 bits per heavy atom. The largest absolute Gasteiger partial charge is 0.479 e. The Labute approximate surface area is 116 Å². The van der Waals surface area contributed by atoms with E-state index in [1.807, 2.05) is 18.3 Å². The summed E-state index contributed by atoms with van der Waals surface area (Å²) in [5.41, 5.74) is 1.61. The summed E-state index contributed by atoms with van der Waals surface area (Å²) in [6.07, 6.45) is 0.543. The van der Waals surface area contributed by atoms with Gasteiger partial charge in [0.2, 0.25) is 0 Å². The molecular weight excluding hydrogens is 254 g/mol. The minimum atomic E-state index is -1.41. The van der Waals surface area contributed by atoms with Crippen molar-refractivity contribution in [1.82, 2.24) is 4.98 Å². The molecule has 0 spiro atoms. The fourth-order valence-corrected chi connectivity index (χ4v) is 1.77. The average molecular weight is 269 g/mol. The third kappa shape index (κ3) is 3.46. The lowest BCUT2D eigenvalue weighted by molar-refractivity contribution is -0.146. The Balaban J connectivity index is 0.000000149. The lowest BCUT2D eigenvalue weighted by atomic mass is 10.1. The molecule has 3 aromatic rings. The van der Waals surface area contributed by atoms with Crippen LogP contribution in [0.1, 0.15) is 11.7 Å². The molecule has 4 heteroatoms. The molecule has 0 aliphatic heterocycles. The van der Waals surface area contributed by atoms with Gasteiger partial charge in [0, 0.05) is 11.7 Å². The highest BCUT2D eigenvalue weighted by Crippen LogP contribution is 2.11. The van der Waals surface area contributed by atoms with Gasteiger partial charge in [-0.25, -0.2) is 4.79 Å². The maximum absolute atomic E-state index is 10.2. The first kappa shape index (κ1) is 13.8. The molecule has 2 aromatic carbocycles. The molecule has 0 bridgehead atoms. The quantitative estimate of drug-likeness (QED) is 0.669. The predicted octanol–water partition coefficient (Wildman–Crippen LogP) is 2.97. The summed E-state index contributed by atoms with van der Waals surface area (Å²) < 4.78 is 0. The Morgan fingerprint density at radius 2 is 1.60 bits per heavy atom. The summed E-state index contributed by atoms with van der Waals surface area (Å²) in [7, 11) is 0. The zero-order chi connectivity index (χ0) is 14.4. The zero-order valence-electron chi connectivity index (χ0n) is 10.7. The summed E-state index contributed by atoms with van der Waals surface area (Å²) in [6, 6.07) is 18.5. The molecule has 0 saturated heterocycles. The van der Waals surface area contributed by atoms with Crippen LogP contribution in [0.4, 0.5) is 0 Å². The minimum Gasteiger partial charge on any atom is -0.479 e. The number of aromatic amines is 1. The number of aliphatic hydroxyl groups excluding tert-OH is 1. The lowest BCUT2D eigenvalue weighted by Gasteiger charge is -2.03. The summed E-state index contributed by atoms with van der Waals surface area (Å²) in [6.45, 7) is 0. The molecule has 0 radical (unpaired) electrons. The number of carbonyl (C=O) groups is 1. The van der Waals surface area contributed by atoms with Crippen LogP contribution in [0.2, 0.25) is 0 Å². The van der Waals surface area contributed by atoms with Crippen molar-refractivity contribution in [2.75, 3.05) is 0 Å². The van der Waals surface area contributed by atoms with Crippen LogP contribution in [0.3, 0.4) is 0 Å². The molecular formula is C16H15NO3. The Kier molecular flexibility index (Phi) is 4.52. The van der Waals surface area contributed by atoms with Crippen molar-refractivity contribution in [3.05, 3.63) is 72.4 Å². The number of aliphatic hydroxyl groups is 1. The molecule has 0 fully saturated rings. The minimum absolute atomic E-state index is 0.403. The number of benzene rings is 2. The number of carboxylic acids is 1. The van der Waals surface area contributed by atoms with E-state index in [0.717, 1.165) is 0 Å². The van der Waals surface area contributed by atoms with Crippen LogP contribution in [0.15, 0.2) is 66.9 Å². The number of aliphatic carboxylic acids is 1. The van der Waals surface area contributed by atoms with Crippen LogP contribution in [0.5, 0.6) is 0 Å². The van der Waals surface area contributed by atoms with Gasteiger partial charge in [0.1, 0.15) is 0 Å². The number of nitrogens with one attached hydrogen (secondary N) is 1. The van der Waals surface area contributed by atoms with Gasteiger partial charge in [0.25, 0.3) is 0 Å². The molecule has 1 heterocycles. The van der Waals surface area contributed by atoms with Crippen molar-refractivity contribution in [1.29, 1.82) is 0 Å². The van der Waals surface area contributed by atoms with Gasteiger partial charge in [0.05, 0.1) is 0 Å². The number of carboxylic acid groups (broad SMARTS) is 1. The number of rotatable bonds is 2. The number of para-hydroxylation sites is 1. The van der Waals surface area contributed by atoms with E-state index in [1.165, 1.54) is 10.9 Å². The van der Waals surface area contributed by atoms with Crippen molar-refractivity contribution in [2.24, 2.45) is 0 Å². The zero-order valence-corrected chi connectivity index (χ0v) is 10.7. The van der Waals surface area contributed by atoms with Gasteiger partial charge in [-0.05, 0) is 23.1 Å². The van der Waals surface area contributed by atoms with E-state index in [1.54, 1.807) is 30.3 Å². The van der Waals surface area contributed by atoms with Crippen LogP contribution >= 0.6 is 0 Å². The number of aromatic nitrogens is 1. The smallest absolute Gasteiger partial charge is 0.337 e. The number of H-pyrrole nitrogens is 1. The SMILES string of the molecule is O=C(O)C(O)c1ccccc1.c1ccc2[nH]ccc2c1. The molecule has 102 valence electrons. The highest BCUT2D eigenvalue weighted by Gasteiger charge is 2.14. The molecule has 0 amide bonds. The van der Waals surface area contributed by atoms with Crippen molar-refractivity contribution < 1.29 is 15.0 Å². The lowest BCUT2D eigenvalue weighted by Crippen LogP contribution is -2.09. The second kappa shape index (κ2) is 6.54. The summed E-state index contributed by atoms with van der Waals surface area (Å²) in [5, 5.41) is 18.7. The van der Waals surface area contributed by atoms with Gasteiger partial charge in [-0.15, -0.1) is 0 Å². The molecule has 0 aliphatic carbocycles. The standard InChI is InChI=1S/C8H7N.C8H8O3/c1-2-4-8-7(3-1)5-6-9-8;9-7(8(10)11)6-4-2-1-3-5-6/h1-6,9H;1-5,7,9H,(H,10,11). The molecule has 4 nitrogen and oxygen atoms in total. The van der Waals surface area contributed by atoms with E-state index in [2.05, 4.69) is 23.2 Å². The Hall–Kier alpha value is -2.59. The molecule has 1 atom stereocenters. The fourth-order valence-electron chi connectivity index (χ4n) is 1.77. The van der Waals surface area contributed by atoms with Crippen LogP contribution in [0.25, 0.3) is 10.9 Å². The summed E-state index contributed by atoms with van der Waals surface area (Å²) in [4.78, 5) is 13.4. The first-order chi connectivity index (χ1) is 9.68. The molecule has 3 N–H and O–H groups in total. The topological polar surface area (TPSA) is 73.3 Å². The second-order valence-corrected chi connectivity index (χ2v) is 4.22. The van der Waals surface area contributed by atoms with E-state index in [4.69, 9.17) is 10.2 Å². The van der Waals surface area contributed by atoms with Crippen LogP contribution in [0, 0.1) is 0 Å². The third-order valence-electron chi connectivity index (χ3n) is 2.81. The average Bonchev–Trinajstić information content (AvgIpc) is 2.96.